The number of aromatic nitrogens is 2. The lowest BCUT2D eigenvalue weighted by molar-refractivity contribution is -0.583. The monoisotopic (exact) mass is 770 g/mol. The van der Waals surface area contributed by atoms with Crippen molar-refractivity contribution in [2.45, 2.75) is 39.5 Å². The van der Waals surface area contributed by atoms with Gasteiger partial charge in [-0.3, -0.25) is 9.80 Å². The summed E-state index contributed by atoms with van der Waals surface area (Å²) >= 11 is 1.87. The number of hydrogen-bond donors (Lipinski definition) is 0. The highest BCUT2D eigenvalue weighted by Gasteiger charge is 2.32. The minimum Gasteiger partial charge on any atom is -0.349 e. The second kappa shape index (κ2) is 17.6. The molecular weight excluding hydrogens is 717 g/mol. The van der Waals surface area contributed by atoms with Crippen LogP contribution in [0, 0.1) is 0 Å². The number of rotatable bonds is 10. The molecule has 4 aromatic rings. The summed E-state index contributed by atoms with van der Waals surface area (Å²) in [5, 5.41) is 1.27. The maximum Gasteiger partial charge on any atom is 0.282 e. The molecule has 2 aromatic carbocycles. The highest BCUT2D eigenvalue weighted by molar-refractivity contribution is 8.07. The van der Waals surface area contributed by atoms with Crippen molar-refractivity contribution in [3.8, 4) is 11.4 Å². The topological polar surface area (TPSA) is 20.7 Å². The molecule has 2 aliphatic heterocycles. The predicted molar refractivity (Wildman–Crippen MR) is 240 cm³/mol. The quantitative estimate of drug-likeness (QED) is 0.118. The van der Waals surface area contributed by atoms with E-state index in [9.17, 15) is 0 Å². The maximum atomic E-state index is 2.54. The standard InChI is InChI=1S/C50H54N6S/c1-39-17-11-12-25-45(39)51(3)40(2)18-15-19-41-29-31-55(43-21-7-5-8-22-43)48(37-41)53-33-35-54(36-34-53)49-38-42(30-32-56(49)44-23-9-6-10-24-44)20-16-28-50-52(4)46-26-13-14-27-47(46)57-50/h5-10,15-32,37-38H,11-14,33-36H2,1-4H3/q+2. The van der Waals surface area contributed by atoms with Crippen molar-refractivity contribution in [2.75, 3.05) is 50.1 Å². The van der Waals surface area contributed by atoms with Crippen molar-refractivity contribution in [1.82, 2.24) is 9.80 Å². The van der Waals surface area contributed by atoms with Gasteiger partial charge in [-0.05, 0) is 105 Å². The van der Waals surface area contributed by atoms with E-state index in [1.165, 1.54) is 61.0 Å². The molecule has 2 fully saturated rings. The number of allylic oxidation sites excluding steroid dienone is 10. The number of piperazine rings is 1. The molecule has 57 heavy (non-hydrogen) atoms. The van der Waals surface area contributed by atoms with Gasteiger partial charge < -0.3 is 9.80 Å². The molecule has 2 aliphatic carbocycles. The number of nitrogens with zero attached hydrogens (tertiary/aromatic N) is 6. The first kappa shape index (κ1) is 38.1. The van der Waals surface area contributed by atoms with Crippen LogP contribution in [0.15, 0.2) is 179 Å². The molecule has 6 nitrogen and oxygen atoms in total. The molecule has 0 radical (unpaired) electrons. The molecule has 0 amide bonds. The summed E-state index contributed by atoms with van der Waals surface area (Å²) in [5.74, 6) is 2.41. The third kappa shape index (κ3) is 8.64. The van der Waals surface area contributed by atoms with Gasteiger partial charge in [0.2, 0.25) is 0 Å². The summed E-state index contributed by atoms with van der Waals surface area (Å²) in [7, 11) is 4.34. The van der Waals surface area contributed by atoms with Crippen LogP contribution in [-0.2, 0) is 0 Å². The zero-order chi connectivity index (χ0) is 39.1. The van der Waals surface area contributed by atoms with Gasteiger partial charge in [-0.15, -0.1) is 0 Å². The highest BCUT2D eigenvalue weighted by atomic mass is 32.2. The maximum absolute atomic E-state index is 2.54. The van der Waals surface area contributed by atoms with E-state index in [1.54, 1.807) is 0 Å². The fourth-order valence-electron chi connectivity index (χ4n) is 7.99. The normalized spacial score (nSPS) is 18.2. The lowest BCUT2D eigenvalue weighted by Crippen LogP contribution is -2.53. The summed E-state index contributed by atoms with van der Waals surface area (Å²) in [4.78, 5) is 11.1. The average molecular weight is 771 g/mol. The Morgan fingerprint density at radius 1 is 0.684 bits per heavy atom. The molecule has 8 rings (SSSR count). The SMILES string of the molecule is CC1=CCCC=C1N(C)/C(C)=C\C=C\c1cc[n+](-c2ccccc2)c(N2CCN(c3cc(/C=C/C=C4/SC5=CCCC=C5N4C)cc[n+]3-c3ccccc3)CC2)c1. The third-order valence-corrected chi connectivity index (χ3v) is 12.5. The predicted octanol–water partition coefficient (Wildman–Crippen LogP) is 10.1. The number of anilines is 2. The van der Waals surface area contributed by atoms with E-state index in [4.69, 9.17) is 0 Å². The van der Waals surface area contributed by atoms with E-state index in [2.05, 4.69) is 215 Å². The van der Waals surface area contributed by atoms with Crippen molar-refractivity contribution in [3.63, 3.8) is 0 Å². The van der Waals surface area contributed by atoms with Crippen LogP contribution in [0.3, 0.4) is 0 Å². The molecule has 0 bridgehead atoms. The molecule has 4 heterocycles. The first-order chi connectivity index (χ1) is 27.9. The van der Waals surface area contributed by atoms with Crippen LogP contribution >= 0.6 is 11.8 Å². The second-order valence-corrected chi connectivity index (χ2v) is 16.1. The first-order valence-electron chi connectivity index (χ1n) is 20.3. The number of para-hydroxylation sites is 2. The Kier molecular flexibility index (Phi) is 11.7. The van der Waals surface area contributed by atoms with E-state index in [0.29, 0.717) is 0 Å². The third-order valence-electron chi connectivity index (χ3n) is 11.3. The molecular formula is C50H54N6S+2. The number of likely N-dealkylation sites (N-methyl/N-ethyl adjacent to an activating group) is 2. The van der Waals surface area contributed by atoms with Crippen LogP contribution in [0.2, 0.25) is 0 Å². The molecule has 7 heteroatoms. The summed E-state index contributed by atoms with van der Waals surface area (Å²) in [6, 6.07) is 30.5. The minimum atomic E-state index is 0.905. The number of benzene rings is 2. The molecule has 2 aromatic heterocycles. The molecule has 0 saturated carbocycles. The first-order valence-corrected chi connectivity index (χ1v) is 21.1. The fourth-order valence-corrected chi connectivity index (χ4v) is 9.12. The highest BCUT2D eigenvalue weighted by Crippen LogP contribution is 2.45. The number of thioether (sulfide) groups is 1. The molecule has 4 aliphatic rings. The zero-order valence-electron chi connectivity index (χ0n) is 33.8. The van der Waals surface area contributed by atoms with Gasteiger partial charge >= 0.3 is 0 Å². The van der Waals surface area contributed by atoms with Crippen LogP contribution in [0.4, 0.5) is 11.6 Å². The summed E-state index contributed by atoms with van der Waals surface area (Å²) in [5.41, 5.74) is 9.94. The summed E-state index contributed by atoms with van der Waals surface area (Å²) < 4.78 is 4.67. The number of pyridine rings is 2. The average Bonchev–Trinajstić information content (AvgIpc) is 3.58. The van der Waals surface area contributed by atoms with Crippen molar-refractivity contribution in [2.24, 2.45) is 0 Å². The van der Waals surface area contributed by atoms with Crippen molar-refractivity contribution >= 4 is 35.5 Å². The van der Waals surface area contributed by atoms with Crippen LogP contribution in [0.1, 0.15) is 50.7 Å². The van der Waals surface area contributed by atoms with E-state index in [0.717, 1.165) is 57.5 Å². The lowest BCUT2D eigenvalue weighted by Gasteiger charge is -2.29. The van der Waals surface area contributed by atoms with Crippen LogP contribution in [0.25, 0.3) is 23.5 Å². The molecule has 2 saturated heterocycles. The Labute approximate surface area is 343 Å². The van der Waals surface area contributed by atoms with Crippen molar-refractivity contribution in [1.29, 1.82) is 0 Å². The zero-order valence-corrected chi connectivity index (χ0v) is 34.6. The largest absolute Gasteiger partial charge is 0.349 e. The Morgan fingerprint density at radius 2 is 1.23 bits per heavy atom. The molecule has 0 atom stereocenters. The van der Waals surface area contributed by atoms with Gasteiger partial charge in [0, 0.05) is 42.5 Å². The summed E-state index contributed by atoms with van der Waals surface area (Å²) in [6.45, 7) is 8.02. The van der Waals surface area contributed by atoms with E-state index in [1.807, 2.05) is 11.8 Å². The molecule has 0 unspecified atom stereocenters. The van der Waals surface area contributed by atoms with Gasteiger partial charge in [-0.2, -0.15) is 0 Å². The Hall–Kier alpha value is -5.79. The number of hydrogen-bond acceptors (Lipinski definition) is 5. The second-order valence-electron chi connectivity index (χ2n) is 15.1. The lowest BCUT2D eigenvalue weighted by atomic mass is 10.0. The van der Waals surface area contributed by atoms with Crippen LogP contribution < -0.4 is 18.9 Å². The van der Waals surface area contributed by atoms with Crippen LogP contribution in [-0.4, -0.2) is 50.1 Å². The molecule has 288 valence electrons. The Bertz CT molecular complexity index is 2340. The minimum absolute atomic E-state index is 0.905. The van der Waals surface area contributed by atoms with Gasteiger partial charge in [0.15, 0.2) is 0 Å². The van der Waals surface area contributed by atoms with Gasteiger partial charge in [0.1, 0.15) is 37.6 Å². The van der Waals surface area contributed by atoms with E-state index < -0.39 is 0 Å². The molecule has 0 N–H and O–H groups in total. The fraction of sp³-hybridized carbons (Fsp3) is 0.240. The van der Waals surface area contributed by atoms with Gasteiger partial charge in [-0.25, -0.2) is 9.13 Å². The van der Waals surface area contributed by atoms with Crippen LogP contribution in [0.5, 0.6) is 0 Å². The smallest absolute Gasteiger partial charge is 0.282 e. The van der Waals surface area contributed by atoms with Crippen molar-refractivity contribution in [3.05, 3.63) is 190 Å². The molecule has 0 spiro atoms. The van der Waals surface area contributed by atoms with Gasteiger partial charge in [-0.1, -0.05) is 96.8 Å². The Balaban J connectivity index is 1.03. The van der Waals surface area contributed by atoms with E-state index in [-0.39, 0.29) is 0 Å². The number of fused-ring (bicyclic) bond motifs is 1. The Morgan fingerprint density at radius 3 is 1.81 bits per heavy atom. The van der Waals surface area contributed by atoms with Crippen molar-refractivity contribution < 1.29 is 9.13 Å². The summed E-state index contributed by atoms with van der Waals surface area (Å²) in [6.07, 6.45) is 31.7. The van der Waals surface area contributed by atoms with E-state index >= 15 is 0 Å². The van der Waals surface area contributed by atoms with Gasteiger partial charge in [0.05, 0.1) is 23.1 Å². The van der Waals surface area contributed by atoms with Gasteiger partial charge in [0.25, 0.3) is 11.6 Å².